The summed E-state index contributed by atoms with van der Waals surface area (Å²) in [5.74, 6) is -1.12. The predicted molar refractivity (Wildman–Crippen MR) is 115 cm³/mol. The van der Waals surface area contributed by atoms with E-state index in [2.05, 4.69) is 10.4 Å². The number of carbonyl (C=O) groups is 1. The number of rotatable bonds is 5. The van der Waals surface area contributed by atoms with Crippen molar-refractivity contribution in [3.63, 3.8) is 0 Å². The second-order valence-electron chi connectivity index (χ2n) is 8.85. The molecule has 1 aromatic rings. The molecule has 1 N–H and O–H groups in total. The van der Waals surface area contributed by atoms with Crippen LogP contribution < -0.4 is 10.9 Å². The zero-order chi connectivity index (χ0) is 23.6. The van der Waals surface area contributed by atoms with Crippen molar-refractivity contribution in [2.24, 2.45) is 0 Å². The van der Waals surface area contributed by atoms with E-state index >= 15 is 0 Å². The lowest BCUT2D eigenvalue weighted by atomic mass is 9.91. The number of alkyl halides is 3. The van der Waals surface area contributed by atoms with Gasteiger partial charge in [0.2, 0.25) is 5.91 Å². The van der Waals surface area contributed by atoms with Gasteiger partial charge in [-0.15, -0.1) is 0 Å². The summed E-state index contributed by atoms with van der Waals surface area (Å²) in [5, 5.41) is 7.35. The van der Waals surface area contributed by atoms with Crippen molar-refractivity contribution < 1.29 is 22.7 Å². The molecule has 1 amide bonds. The quantitative estimate of drug-likeness (QED) is 0.730. The molecule has 9 heteroatoms. The smallest absolute Gasteiger partial charge is 0.381 e. The van der Waals surface area contributed by atoms with Gasteiger partial charge in [-0.3, -0.25) is 9.59 Å². The van der Waals surface area contributed by atoms with Crippen molar-refractivity contribution in [1.29, 1.82) is 0 Å². The van der Waals surface area contributed by atoms with Crippen molar-refractivity contribution in [2.45, 2.75) is 83.2 Å². The molecule has 176 valence electrons. The number of fused-ring (bicyclic) bond motifs is 1. The average Bonchev–Trinajstić information content (AvgIpc) is 2.90. The van der Waals surface area contributed by atoms with Crippen LogP contribution in [-0.2, 0) is 16.1 Å². The number of allylic oxidation sites excluding steroid dienone is 3. The first-order chi connectivity index (χ1) is 15.0. The molecule has 0 radical (unpaired) electrons. The van der Waals surface area contributed by atoms with E-state index in [4.69, 9.17) is 4.74 Å². The zero-order valence-corrected chi connectivity index (χ0v) is 18.8. The third-order valence-electron chi connectivity index (χ3n) is 6.11. The maximum Gasteiger partial charge on any atom is 0.416 e. The predicted octanol–water partition coefficient (Wildman–Crippen LogP) is 4.06. The summed E-state index contributed by atoms with van der Waals surface area (Å²) in [6.07, 6.45) is 2.22. The largest absolute Gasteiger partial charge is 0.416 e. The minimum Gasteiger partial charge on any atom is -0.381 e. The zero-order valence-electron chi connectivity index (χ0n) is 18.8. The number of nitrogens with zero attached hydrogens (tertiary/aromatic N) is 2. The number of nitrogens with one attached hydrogen (secondary N) is 1. The fraction of sp³-hybridized carbons (Fsp3) is 0.609. The van der Waals surface area contributed by atoms with E-state index in [1.165, 1.54) is 6.08 Å². The van der Waals surface area contributed by atoms with E-state index < -0.39 is 23.2 Å². The molecule has 1 atom stereocenters. The van der Waals surface area contributed by atoms with E-state index in [1.807, 2.05) is 13.8 Å². The minimum atomic E-state index is -4.51. The van der Waals surface area contributed by atoms with Gasteiger partial charge in [-0.05, 0) is 49.3 Å². The van der Waals surface area contributed by atoms with Gasteiger partial charge in [0.15, 0.2) is 0 Å². The lowest BCUT2D eigenvalue weighted by molar-refractivity contribution is -0.123. The van der Waals surface area contributed by atoms with Gasteiger partial charge in [0, 0.05) is 24.6 Å². The maximum absolute atomic E-state index is 13.3. The Morgan fingerprint density at radius 3 is 2.47 bits per heavy atom. The topological polar surface area (TPSA) is 73.2 Å². The Bertz CT molecular complexity index is 971. The number of methoxy groups -OCH3 is 1. The molecular formula is C23H30F3N3O3. The molecule has 6 nitrogen and oxygen atoms in total. The summed E-state index contributed by atoms with van der Waals surface area (Å²) in [6, 6.07) is 0.00783. The number of carbonyl (C=O) groups excluding carboxylic acids is 1. The van der Waals surface area contributed by atoms with Gasteiger partial charge < -0.3 is 10.1 Å². The van der Waals surface area contributed by atoms with Crippen LogP contribution >= 0.6 is 0 Å². The molecule has 3 rings (SSSR count). The van der Waals surface area contributed by atoms with Gasteiger partial charge in [0.05, 0.1) is 17.4 Å². The number of amides is 1. The summed E-state index contributed by atoms with van der Waals surface area (Å²) in [7, 11) is 1.68. The van der Waals surface area contributed by atoms with Gasteiger partial charge in [-0.2, -0.15) is 18.3 Å². The van der Waals surface area contributed by atoms with E-state index in [0.717, 1.165) is 42.5 Å². The Labute approximate surface area is 185 Å². The van der Waals surface area contributed by atoms with Crippen LogP contribution in [0.4, 0.5) is 13.2 Å². The molecule has 0 spiro atoms. The summed E-state index contributed by atoms with van der Waals surface area (Å²) < 4.78 is 46.4. The van der Waals surface area contributed by atoms with Crippen molar-refractivity contribution >= 4 is 12.0 Å². The maximum atomic E-state index is 13.3. The number of ether oxygens (including phenoxy) is 1. The highest BCUT2D eigenvalue weighted by atomic mass is 19.4. The van der Waals surface area contributed by atoms with Gasteiger partial charge >= 0.3 is 6.18 Å². The first-order valence-corrected chi connectivity index (χ1v) is 10.9. The van der Waals surface area contributed by atoms with Crippen LogP contribution in [0.15, 0.2) is 22.5 Å². The van der Waals surface area contributed by atoms with E-state index in [1.54, 1.807) is 14.0 Å². The molecule has 2 aliphatic rings. The third kappa shape index (κ3) is 5.31. The molecule has 0 saturated heterocycles. The monoisotopic (exact) mass is 453 g/mol. The fourth-order valence-electron chi connectivity index (χ4n) is 4.42. The van der Waals surface area contributed by atoms with Crippen LogP contribution in [0.25, 0.3) is 6.08 Å². The summed E-state index contributed by atoms with van der Waals surface area (Å²) in [4.78, 5) is 25.7. The summed E-state index contributed by atoms with van der Waals surface area (Å²) in [6.45, 7) is 5.07. The highest BCUT2D eigenvalue weighted by Gasteiger charge is 2.34. The van der Waals surface area contributed by atoms with Gasteiger partial charge in [0.1, 0.15) is 6.54 Å². The van der Waals surface area contributed by atoms with Gasteiger partial charge in [-0.1, -0.05) is 26.8 Å². The van der Waals surface area contributed by atoms with Crippen LogP contribution in [0.3, 0.4) is 0 Å². The normalized spacial score (nSPS) is 23.5. The van der Waals surface area contributed by atoms with Gasteiger partial charge in [-0.25, -0.2) is 4.68 Å². The van der Waals surface area contributed by atoms with E-state index in [-0.39, 0.29) is 36.1 Å². The molecule has 1 heterocycles. The molecule has 1 fully saturated rings. The number of aromatic nitrogens is 2. The lowest BCUT2D eigenvalue weighted by Gasteiger charge is -2.28. The Kier molecular flexibility index (Phi) is 7.27. The fourth-order valence-corrected chi connectivity index (χ4v) is 4.42. The molecule has 1 aromatic heterocycles. The second-order valence-corrected chi connectivity index (χ2v) is 8.85. The Hall–Kier alpha value is -2.42. The highest BCUT2D eigenvalue weighted by Crippen LogP contribution is 2.36. The molecular weight excluding hydrogens is 423 g/mol. The number of hydrogen-bond acceptors (Lipinski definition) is 4. The van der Waals surface area contributed by atoms with E-state index in [0.29, 0.717) is 11.3 Å². The van der Waals surface area contributed by atoms with Crippen LogP contribution in [0.2, 0.25) is 0 Å². The molecule has 32 heavy (non-hydrogen) atoms. The molecule has 0 bridgehead atoms. The van der Waals surface area contributed by atoms with Crippen LogP contribution in [0.1, 0.15) is 75.1 Å². The summed E-state index contributed by atoms with van der Waals surface area (Å²) >= 11 is 0. The molecule has 1 saturated carbocycles. The first-order valence-electron chi connectivity index (χ1n) is 10.9. The number of hydrogen-bond donors (Lipinski definition) is 1. The Morgan fingerprint density at radius 1 is 1.25 bits per heavy atom. The van der Waals surface area contributed by atoms with Crippen LogP contribution in [0, 0.1) is 0 Å². The van der Waals surface area contributed by atoms with E-state index in [9.17, 15) is 22.8 Å². The lowest BCUT2D eigenvalue weighted by Crippen LogP contribution is -2.42. The second kappa shape index (κ2) is 9.60. The molecule has 1 unspecified atom stereocenters. The van der Waals surface area contributed by atoms with Crippen LogP contribution in [0.5, 0.6) is 0 Å². The average molecular weight is 454 g/mol. The van der Waals surface area contributed by atoms with Crippen LogP contribution in [-0.4, -0.2) is 41.1 Å². The Balaban J connectivity index is 1.89. The first kappa shape index (κ1) is 24.2. The SMILES string of the molecule is CO[C@H]1CC[C@@H](NC(=O)Cn2nc(C(C)C)c3c(c2=O)C=CC(C(F)(F)F)=CC3C)CC1. The molecule has 0 aromatic carbocycles. The molecule has 0 aliphatic heterocycles. The minimum absolute atomic E-state index is 0.00783. The summed E-state index contributed by atoms with van der Waals surface area (Å²) in [5.41, 5.74) is -0.214. The molecule has 2 aliphatic carbocycles. The van der Waals surface area contributed by atoms with Crippen molar-refractivity contribution in [2.75, 3.05) is 7.11 Å². The standard InChI is InChI=1S/C23H30F3N3O3/c1-13(2)21-20-14(3)11-15(23(24,25)26)5-10-18(20)22(31)29(28-21)12-19(30)27-16-6-8-17(32-4)9-7-16/h5,10-11,13-14,16-17H,6-9,12H2,1-4H3,(H,27,30)/t14?,16-,17+. The van der Waals surface area contributed by atoms with Gasteiger partial charge in [0.25, 0.3) is 5.56 Å². The van der Waals surface area contributed by atoms with Crippen molar-refractivity contribution in [3.05, 3.63) is 44.9 Å². The van der Waals surface area contributed by atoms with Crippen molar-refractivity contribution in [3.8, 4) is 0 Å². The third-order valence-corrected chi connectivity index (χ3v) is 6.11. The number of halogens is 3. The highest BCUT2D eigenvalue weighted by molar-refractivity contribution is 5.76. The Morgan fingerprint density at radius 2 is 1.91 bits per heavy atom. The van der Waals surface area contributed by atoms with Crippen molar-refractivity contribution in [1.82, 2.24) is 15.1 Å².